The lowest BCUT2D eigenvalue weighted by molar-refractivity contribution is -0.130. The van der Waals surface area contributed by atoms with Crippen molar-refractivity contribution in [3.63, 3.8) is 0 Å². The van der Waals surface area contributed by atoms with E-state index in [0.717, 1.165) is 11.1 Å². The molecule has 2 aromatic rings. The molecule has 7 heteroatoms. The van der Waals surface area contributed by atoms with Gasteiger partial charge in [-0.1, -0.05) is 36.9 Å². The summed E-state index contributed by atoms with van der Waals surface area (Å²) < 4.78 is 5.48. The molecule has 1 heterocycles. The normalized spacial score (nSPS) is 12.6. The smallest absolute Gasteiger partial charge is 0.276 e. The third-order valence-corrected chi connectivity index (χ3v) is 4.38. The van der Waals surface area contributed by atoms with Gasteiger partial charge in [0.1, 0.15) is 12.3 Å². The highest BCUT2D eigenvalue weighted by Gasteiger charge is 2.31. The Kier molecular flexibility index (Phi) is 5.44. The summed E-state index contributed by atoms with van der Waals surface area (Å²) in [6.45, 7) is 7.19. The van der Waals surface area contributed by atoms with Gasteiger partial charge < -0.3 is 4.74 Å². The zero-order valence-corrected chi connectivity index (χ0v) is 15.7. The molecule has 28 heavy (non-hydrogen) atoms. The first-order valence-electron chi connectivity index (χ1n) is 8.74. The van der Waals surface area contributed by atoms with Gasteiger partial charge in [-0.2, -0.15) is 0 Å². The van der Waals surface area contributed by atoms with Crippen LogP contribution in [-0.2, 0) is 9.59 Å². The lowest BCUT2D eigenvalue weighted by Crippen LogP contribution is -2.47. The SMILES string of the molecule is C=C1c2ccccc2C(=O)N1CC(=O)NNC(=O)COc1cc(C)ccc1C. The van der Waals surface area contributed by atoms with Crippen LogP contribution < -0.4 is 15.6 Å². The molecule has 7 nitrogen and oxygen atoms in total. The van der Waals surface area contributed by atoms with Gasteiger partial charge in [-0.15, -0.1) is 0 Å². The minimum Gasteiger partial charge on any atom is -0.483 e. The number of carbonyl (C=O) groups is 3. The Balaban J connectivity index is 1.48. The number of benzene rings is 2. The van der Waals surface area contributed by atoms with Crippen molar-refractivity contribution in [1.82, 2.24) is 15.8 Å². The van der Waals surface area contributed by atoms with Gasteiger partial charge in [-0.3, -0.25) is 30.1 Å². The Morgan fingerprint density at radius 3 is 2.43 bits per heavy atom. The van der Waals surface area contributed by atoms with E-state index in [-0.39, 0.29) is 19.1 Å². The lowest BCUT2D eigenvalue weighted by Gasteiger charge is -2.17. The van der Waals surface area contributed by atoms with Gasteiger partial charge in [0.25, 0.3) is 17.7 Å². The Bertz CT molecular complexity index is 933. The molecule has 0 fully saturated rings. The standard InChI is InChI=1S/C21H21N3O4/c1-13-8-9-14(2)18(10-13)28-12-20(26)23-22-19(25)11-24-15(3)16-6-4-5-7-17(16)21(24)27/h4-10H,3,11-12H2,1-2H3,(H,22,25)(H,23,26). The average molecular weight is 379 g/mol. The van der Waals surface area contributed by atoms with Crippen molar-refractivity contribution in [2.24, 2.45) is 0 Å². The minimum absolute atomic E-state index is 0.245. The van der Waals surface area contributed by atoms with E-state index in [9.17, 15) is 14.4 Å². The summed E-state index contributed by atoms with van der Waals surface area (Å²) in [5, 5.41) is 0. The van der Waals surface area contributed by atoms with Crippen LogP contribution in [0.3, 0.4) is 0 Å². The number of nitrogens with one attached hydrogen (secondary N) is 2. The zero-order valence-electron chi connectivity index (χ0n) is 15.7. The molecule has 3 amide bonds. The van der Waals surface area contributed by atoms with Crippen LogP contribution in [0.5, 0.6) is 5.75 Å². The third kappa shape index (κ3) is 4.03. The monoisotopic (exact) mass is 379 g/mol. The van der Waals surface area contributed by atoms with Crippen LogP contribution in [0.4, 0.5) is 0 Å². The van der Waals surface area contributed by atoms with E-state index < -0.39 is 11.8 Å². The summed E-state index contributed by atoms with van der Waals surface area (Å²) in [7, 11) is 0. The molecule has 2 N–H and O–H groups in total. The highest BCUT2D eigenvalue weighted by atomic mass is 16.5. The summed E-state index contributed by atoms with van der Waals surface area (Å²) in [5.74, 6) is -0.731. The number of amides is 3. The molecular formula is C21H21N3O4. The van der Waals surface area contributed by atoms with Gasteiger partial charge in [0.2, 0.25) is 0 Å². The Morgan fingerprint density at radius 1 is 1.04 bits per heavy atom. The van der Waals surface area contributed by atoms with Crippen LogP contribution in [0.15, 0.2) is 49.0 Å². The van der Waals surface area contributed by atoms with Crippen LogP contribution >= 0.6 is 0 Å². The van der Waals surface area contributed by atoms with Crippen LogP contribution in [0.1, 0.15) is 27.0 Å². The summed E-state index contributed by atoms with van der Waals surface area (Å²) in [6, 6.07) is 12.7. The van der Waals surface area contributed by atoms with E-state index >= 15 is 0 Å². The maximum absolute atomic E-state index is 12.4. The number of rotatable bonds is 5. The fourth-order valence-corrected chi connectivity index (χ4v) is 2.87. The molecule has 0 aromatic heterocycles. The van der Waals surface area contributed by atoms with Gasteiger partial charge in [0.05, 0.1) is 0 Å². The number of hydrogen-bond acceptors (Lipinski definition) is 4. The van der Waals surface area contributed by atoms with Gasteiger partial charge in [0, 0.05) is 16.8 Å². The van der Waals surface area contributed by atoms with E-state index in [1.54, 1.807) is 24.3 Å². The first-order valence-corrected chi connectivity index (χ1v) is 8.74. The number of fused-ring (bicyclic) bond motifs is 1. The van der Waals surface area contributed by atoms with Crippen LogP contribution in [-0.4, -0.2) is 35.8 Å². The molecular weight excluding hydrogens is 358 g/mol. The van der Waals surface area contributed by atoms with E-state index in [2.05, 4.69) is 17.4 Å². The quantitative estimate of drug-likeness (QED) is 0.778. The predicted octanol–water partition coefficient (Wildman–Crippen LogP) is 1.96. The van der Waals surface area contributed by atoms with Crippen molar-refractivity contribution in [3.05, 3.63) is 71.3 Å². The summed E-state index contributed by atoms with van der Waals surface area (Å²) >= 11 is 0. The number of hydrogen-bond donors (Lipinski definition) is 2. The summed E-state index contributed by atoms with van der Waals surface area (Å²) in [4.78, 5) is 37.7. The molecule has 0 aliphatic carbocycles. The van der Waals surface area contributed by atoms with Crippen molar-refractivity contribution < 1.29 is 19.1 Å². The first-order chi connectivity index (χ1) is 13.4. The fourth-order valence-electron chi connectivity index (χ4n) is 2.87. The maximum atomic E-state index is 12.4. The minimum atomic E-state index is -0.539. The van der Waals surface area contributed by atoms with E-state index in [0.29, 0.717) is 22.6 Å². The topological polar surface area (TPSA) is 87.7 Å². The average Bonchev–Trinajstić information content (AvgIpc) is 2.92. The molecule has 2 aromatic carbocycles. The highest BCUT2D eigenvalue weighted by molar-refractivity contribution is 6.10. The fraction of sp³-hybridized carbons (Fsp3) is 0.190. The second kappa shape index (κ2) is 7.96. The van der Waals surface area contributed by atoms with Crippen molar-refractivity contribution in [3.8, 4) is 5.75 Å². The molecule has 0 radical (unpaired) electrons. The molecule has 1 aliphatic heterocycles. The van der Waals surface area contributed by atoms with Crippen molar-refractivity contribution in [1.29, 1.82) is 0 Å². The highest BCUT2D eigenvalue weighted by Crippen LogP contribution is 2.30. The largest absolute Gasteiger partial charge is 0.483 e. The number of aryl methyl sites for hydroxylation is 2. The second-order valence-corrected chi connectivity index (χ2v) is 6.54. The molecule has 0 bridgehead atoms. The number of hydrazine groups is 1. The Morgan fingerprint density at radius 2 is 1.71 bits per heavy atom. The van der Waals surface area contributed by atoms with Crippen LogP contribution in [0.2, 0.25) is 0 Å². The number of nitrogens with zero attached hydrogens (tertiary/aromatic N) is 1. The first kappa shape index (κ1) is 19.2. The lowest BCUT2D eigenvalue weighted by atomic mass is 10.1. The van der Waals surface area contributed by atoms with E-state index in [1.165, 1.54) is 4.90 Å². The molecule has 1 aliphatic rings. The molecule has 0 atom stereocenters. The molecule has 0 unspecified atom stereocenters. The van der Waals surface area contributed by atoms with Crippen LogP contribution in [0.25, 0.3) is 5.70 Å². The molecule has 0 saturated heterocycles. The third-order valence-electron chi connectivity index (χ3n) is 4.38. The maximum Gasteiger partial charge on any atom is 0.276 e. The summed E-state index contributed by atoms with van der Waals surface area (Å²) in [5.41, 5.74) is 8.16. The molecule has 144 valence electrons. The number of ether oxygens (including phenoxy) is 1. The predicted molar refractivity (Wildman–Crippen MR) is 104 cm³/mol. The van der Waals surface area contributed by atoms with Gasteiger partial charge in [-0.05, 0) is 37.1 Å². The molecule has 0 saturated carbocycles. The second-order valence-electron chi connectivity index (χ2n) is 6.54. The van der Waals surface area contributed by atoms with E-state index in [4.69, 9.17) is 4.74 Å². The van der Waals surface area contributed by atoms with Gasteiger partial charge >= 0.3 is 0 Å². The van der Waals surface area contributed by atoms with Crippen LogP contribution in [0, 0.1) is 13.8 Å². The zero-order chi connectivity index (χ0) is 20.3. The van der Waals surface area contributed by atoms with Gasteiger partial charge in [0.15, 0.2) is 6.61 Å². The number of carbonyl (C=O) groups excluding carboxylic acids is 3. The van der Waals surface area contributed by atoms with E-state index in [1.807, 2.05) is 32.0 Å². The molecule has 3 rings (SSSR count). The van der Waals surface area contributed by atoms with Crippen molar-refractivity contribution >= 4 is 23.4 Å². The summed E-state index contributed by atoms with van der Waals surface area (Å²) in [6.07, 6.45) is 0. The Labute approximate surface area is 163 Å². The van der Waals surface area contributed by atoms with Crippen molar-refractivity contribution in [2.75, 3.05) is 13.2 Å². The van der Waals surface area contributed by atoms with Crippen molar-refractivity contribution in [2.45, 2.75) is 13.8 Å². The molecule has 0 spiro atoms. The Hall–Kier alpha value is -3.61. The van der Waals surface area contributed by atoms with Gasteiger partial charge in [-0.25, -0.2) is 0 Å².